The third kappa shape index (κ3) is 4.54. The van der Waals surface area contributed by atoms with E-state index in [-0.39, 0.29) is 0 Å². The van der Waals surface area contributed by atoms with Gasteiger partial charge in [-0.25, -0.2) is 0 Å². The minimum atomic E-state index is 1.04. The maximum Gasteiger partial charge on any atom is 0.0275 e. The summed E-state index contributed by atoms with van der Waals surface area (Å²) >= 11 is 0. The molecule has 0 bridgehead atoms. The number of hydrogen-bond acceptors (Lipinski definition) is 0. The second-order valence-corrected chi connectivity index (χ2v) is 5.46. The Bertz CT molecular complexity index is 741. The zero-order valence-electron chi connectivity index (χ0n) is 13.7. The van der Waals surface area contributed by atoms with E-state index in [4.69, 9.17) is 0 Å². The second kappa shape index (κ2) is 8.11. The van der Waals surface area contributed by atoms with Gasteiger partial charge in [-0.1, -0.05) is 43.2 Å². The van der Waals surface area contributed by atoms with E-state index in [1.54, 1.807) is 0 Å². The van der Waals surface area contributed by atoms with Crippen LogP contribution in [0.4, 0.5) is 0 Å². The topological polar surface area (TPSA) is 0 Å². The minimum Gasteiger partial charge on any atom is -0.101 e. The fraction of sp³-hybridized carbons (Fsp3) is 0.273. The number of hydrogen-bond donors (Lipinski definition) is 0. The molecule has 0 N–H and O–H groups in total. The van der Waals surface area contributed by atoms with E-state index in [9.17, 15) is 0 Å². The third-order valence-corrected chi connectivity index (χ3v) is 3.61. The van der Waals surface area contributed by atoms with Crippen LogP contribution in [0.1, 0.15) is 54.5 Å². The molecule has 0 nitrogen and oxygen atoms in total. The van der Waals surface area contributed by atoms with Crippen molar-refractivity contribution in [2.45, 2.75) is 40.0 Å². The molecular weight excluding hydrogens is 264 g/mol. The Kier molecular flexibility index (Phi) is 5.88. The molecule has 0 saturated carbocycles. The predicted molar refractivity (Wildman–Crippen MR) is 94.8 cm³/mol. The molecule has 0 heteroatoms. The van der Waals surface area contributed by atoms with Crippen LogP contribution in [0.25, 0.3) is 0 Å². The van der Waals surface area contributed by atoms with Crippen molar-refractivity contribution in [2.24, 2.45) is 0 Å². The zero-order valence-corrected chi connectivity index (χ0v) is 13.7. The first kappa shape index (κ1) is 15.9. The maximum atomic E-state index is 3.24. The smallest absolute Gasteiger partial charge is 0.0275 e. The zero-order chi connectivity index (χ0) is 15.8. The quantitative estimate of drug-likeness (QED) is 0.688. The summed E-state index contributed by atoms with van der Waals surface area (Å²) in [5.41, 5.74) is 5.75. The van der Waals surface area contributed by atoms with Gasteiger partial charge in [0.15, 0.2) is 0 Å². The molecule has 22 heavy (non-hydrogen) atoms. The number of unbranched alkanes of at least 4 members (excludes halogenated alkanes) is 1. The summed E-state index contributed by atoms with van der Waals surface area (Å²) in [6, 6.07) is 14.8. The molecule has 0 heterocycles. The van der Waals surface area contributed by atoms with Crippen molar-refractivity contribution in [3.8, 4) is 23.7 Å². The monoisotopic (exact) mass is 286 g/mol. The summed E-state index contributed by atoms with van der Waals surface area (Å²) in [6.45, 7) is 6.16. The molecule has 0 aliphatic rings. The molecular formula is C22H22. The molecule has 0 amide bonds. The van der Waals surface area contributed by atoms with Crippen LogP contribution in [0.2, 0.25) is 0 Å². The second-order valence-electron chi connectivity index (χ2n) is 5.46. The largest absolute Gasteiger partial charge is 0.101 e. The Hall–Kier alpha value is -2.44. The lowest BCUT2D eigenvalue weighted by Crippen LogP contribution is -1.85. The molecule has 2 aromatic carbocycles. The Labute approximate surface area is 134 Å². The van der Waals surface area contributed by atoms with Crippen molar-refractivity contribution in [1.82, 2.24) is 0 Å². The van der Waals surface area contributed by atoms with Crippen LogP contribution in [0.15, 0.2) is 42.5 Å². The molecule has 0 saturated heterocycles. The van der Waals surface area contributed by atoms with Gasteiger partial charge in [-0.15, -0.1) is 5.92 Å². The first-order valence-corrected chi connectivity index (χ1v) is 7.87. The van der Waals surface area contributed by atoms with E-state index in [0.717, 1.165) is 23.1 Å². The van der Waals surface area contributed by atoms with E-state index < -0.39 is 0 Å². The predicted octanol–water partition coefficient (Wildman–Crippen LogP) is 5.11. The van der Waals surface area contributed by atoms with Crippen molar-refractivity contribution in [3.05, 3.63) is 70.3 Å². The fourth-order valence-electron chi connectivity index (χ4n) is 2.30. The highest BCUT2D eigenvalue weighted by molar-refractivity contribution is 5.49. The van der Waals surface area contributed by atoms with Gasteiger partial charge in [-0.2, -0.15) is 0 Å². The van der Waals surface area contributed by atoms with Crippen molar-refractivity contribution in [2.75, 3.05) is 0 Å². The van der Waals surface area contributed by atoms with Gasteiger partial charge in [0.1, 0.15) is 0 Å². The van der Waals surface area contributed by atoms with Crippen LogP contribution in [-0.4, -0.2) is 0 Å². The molecule has 0 atom stereocenters. The van der Waals surface area contributed by atoms with Gasteiger partial charge in [0.2, 0.25) is 0 Å². The van der Waals surface area contributed by atoms with E-state index in [2.05, 4.69) is 67.9 Å². The molecule has 110 valence electrons. The number of benzene rings is 2. The standard InChI is InChI=1S/C22H22/c1-4-6-8-19-9-11-20(12-10-19)13-14-21-15-16-22(7-5-2)18(3)17-21/h9-12,15-17H,4,6,8H2,1-3H3. The molecule has 2 aromatic rings. The summed E-state index contributed by atoms with van der Waals surface area (Å²) in [6.07, 6.45) is 3.64. The van der Waals surface area contributed by atoms with Gasteiger partial charge in [0.05, 0.1) is 0 Å². The Morgan fingerprint density at radius 2 is 1.55 bits per heavy atom. The van der Waals surface area contributed by atoms with Crippen LogP contribution in [0, 0.1) is 30.6 Å². The van der Waals surface area contributed by atoms with Gasteiger partial charge in [-0.3, -0.25) is 0 Å². The third-order valence-electron chi connectivity index (χ3n) is 3.61. The van der Waals surface area contributed by atoms with Gasteiger partial charge < -0.3 is 0 Å². The van der Waals surface area contributed by atoms with E-state index in [1.807, 2.05) is 19.1 Å². The average Bonchev–Trinajstić information content (AvgIpc) is 2.54. The van der Waals surface area contributed by atoms with Gasteiger partial charge in [-0.05, 0) is 68.1 Å². The highest BCUT2D eigenvalue weighted by atomic mass is 14.0. The van der Waals surface area contributed by atoms with Gasteiger partial charge >= 0.3 is 0 Å². The molecule has 0 unspecified atom stereocenters. The van der Waals surface area contributed by atoms with Crippen LogP contribution in [0.3, 0.4) is 0 Å². The lowest BCUT2D eigenvalue weighted by Gasteiger charge is -2.00. The Balaban J connectivity index is 2.12. The molecule has 0 fully saturated rings. The SMILES string of the molecule is CC#Cc1ccc(C#Cc2ccc(CCCC)cc2)cc1C. The summed E-state index contributed by atoms with van der Waals surface area (Å²) in [7, 11) is 0. The van der Waals surface area contributed by atoms with Crippen molar-refractivity contribution < 1.29 is 0 Å². The molecule has 0 radical (unpaired) electrons. The normalized spacial score (nSPS) is 9.41. The van der Waals surface area contributed by atoms with Crippen LogP contribution >= 0.6 is 0 Å². The first-order valence-electron chi connectivity index (χ1n) is 7.87. The van der Waals surface area contributed by atoms with Gasteiger partial charge in [0, 0.05) is 16.7 Å². The highest BCUT2D eigenvalue weighted by Crippen LogP contribution is 2.10. The van der Waals surface area contributed by atoms with E-state index in [1.165, 1.54) is 24.0 Å². The summed E-state index contributed by atoms with van der Waals surface area (Å²) in [5.74, 6) is 12.5. The lowest BCUT2D eigenvalue weighted by molar-refractivity contribution is 0.795. The average molecular weight is 286 g/mol. The first-order chi connectivity index (χ1) is 10.7. The molecule has 0 aliphatic carbocycles. The van der Waals surface area contributed by atoms with Gasteiger partial charge in [0.25, 0.3) is 0 Å². The summed E-state index contributed by atoms with van der Waals surface area (Å²) in [4.78, 5) is 0. The van der Waals surface area contributed by atoms with Crippen molar-refractivity contribution >= 4 is 0 Å². The Morgan fingerprint density at radius 1 is 0.864 bits per heavy atom. The molecule has 0 aromatic heterocycles. The summed E-state index contributed by atoms with van der Waals surface area (Å²) < 4.78 is 0. The van der Waals surface area contributed by atoms with Crippen LogP contribution in [-0.2, 0) is 6.42 Å². The number of aryl methyl sites for hydroxylation is 2. The van der Waals surface area contributed by atoms with E-state index >= 15 is 0 Å². The fourth-order valence-corrected chi connectivity index (χ4v) is 2.30. The molecule has 0 spiro atoms. The van der Waals surface area contributed by atoms with E-state index in [0.29, 0.717) is 0 Å². The van der Waals surface area contributed by atoms with Crippen LogP contribution < -0.4 is 0 Å². The van der Waals surface area contributed by atoms with Crippen molar-refractivity contribution in [3.63, 3.8) is 0 Å². The Morgan fingerprint density at radius 3 is 2.18 bits per heavy atom. The lowest BCUT2D eigenvalue weighted by atomic mass is 10.0. The highest BCUT2D eigenvalue weighted by Gasteiger charge is 1.96. The minimum absolute atomic E-state index is 1.04. The van der Waals surface area contributed by atoms with Crippen LogP contribution in [0.5, 0.6) is 0 Å². The van der Waals surface area contributed by atoms with Crippen molar-refractivity contribution in [1.29, 1.82) is 0 Å². The maximum absolute atomic E-state index is 3.24. The molecule has 0 aliphatic heterocycles. The molecule has 2 rings (SSSR count). The summed E-state index contributed by atoms with van der Waals surface area (Å²) in [5, 5.41) is 0. The number of rotatable bonds is 3.